The molecular weight excluding hydrogens is 210 g/mol. The number of aliphatic hydroxyl groups excluding tert-OH is 1. The van der Waals surface area contributed by atoms with Crippen molar-refractivity contribution in [3.05, 3.63) is 35.0 Å². The van der Waals surface area contributed by atoms with Gasteiger partial charge in [-0.2, -0.15) is 0 Å². The molecule has 0 fully saturated rings. The third kappa shape index (κ3) is 2.22. The summed E-state index contributed by atoms with van der Waals surface area (Å²) in [5, 5.41) is 10.4. The molecule has 0 bridgehead atoms. The Morgan fingerprint density at radius 2 is 2.00 bits per heavy atom. The van der Waals surface area contributed by atoms with E-state index in [1.165, 1.54) is 27.6 Å². The number of hydrogen-bond donors (Lipinski definition) is 1. The first kappa shape index (κ1) is 12.2. The minimum atomic E-state index is 0.268. The fraction of sp³-hybridized carbons (Fsp3) is 0.467. The van der Waals surface area contributed by atoms with E-state index in [0.717, 1.165) is 19.4 Å². The van der Waals surface area contributed by atoms with Gasteiger partial charge < -0.3 is 9.67 Å². The van der Waals surface area contributed by atoms with Gasteiger partial charge in [-0.05, 0) is 56.4 Å². The molecule has 2 aromatic rings. The lowest BCUT2D eigenvalue weighted by Gasteiger charge is -2.04. The van der Waals surface area contributed by atoms with Gasteiger partial charge in [0, 0.05) is 30.3 Å². The van der Waals surface area contributed by atoms with Crippen molar-refractivity contribution in [1.82, 2.24) is 4.57 Å². The van der Waals surface area contributed by atoms with Crippen LogP contribution in [0.5, 0.6) is 0 Å². The summed E-state index contributed by atoms with van der Waals surface area (Å²) in [6, 6.07) is 4.50. The fourth-order valence-corrected chi connectivity index (χ4v) is 2.63. The van der Waals surface area contributed by atoms with Crippen molar-refractivity contribution in [2.45, 2.75) is 40.2 Å². The Morgan fingerprint density at radius 3 is 2.65 bits per heavy atom. The van der Waals surface area contributed by atoms with Crippen LogP contribution >= 0.6 is 0 Å². The number of aromatic nitrogens is 1. The Balaban J connectivity index is 2.60. The number of aliphatic hydroxyl groups is 1. The summed E-state index contributed by atoms with van der Waals surface area (Å²) < 4.78 is 2.31. The highest BCUT2D eigenvalue weighted by Crippen LogP contribution is 2.27. The molecule has 1 N–H and O–H groups in total. The third-order valence-corrected chi connectivity index (χ3v) is 3.35. The normalized spacial score (nSPS) is 11.3. The van der Waals surface area contributed by atoms with Gasteiger partial charge in [0.15, 0.2) is 0 Å². The van der Waals surface area contributed by atoms with Crippen LogP contribution in [0.25, 0.3) is 10.9 Å². The van der Waals surface area contributed by atoms with E-state index in [-0.39, 0.29) is 6.61 Å². The van der Waals surface area contributed by atoms with Gasteiger partial charge in [-0.1, -0.05) is 6.07 Å². The number of benzene rings is 1. The second-order valence-electron chi connectivity index (χ2n) is 4.74. The lowest BCUT2D eigenvalue weighted by atomic mass is 10.0. The van der Waals surface area contributed by atoms with Crippen molar-refractivity contribution in [3.63, 3.8) is 0 Å². The first-order valence-corrected chi connectivity index (χ1v) is 6.37. The van der Waals surface area contributed by atoms with Crippen LogP contribution in [0.2, 0.25) is 0 Å². The molecule has 0 aliphatic carbocycles. The molecule has 0 atom stereocenters. The molecule has 92 valence electrons. The smallest absolute Gasteiger partial charge is 0.0488 e. The average molecular weight is 231 g/mol. The Morgan fingerprint density at radius 1 is 1.24 bits per heavy atom. The molecule has 0 aliphatic rings. The van der Waals surface area contributed by atoms with Gasteiger partial charge in [-0.25, -0.2) is 0 Å². The highest BCUT2D eigenvalue weighted by atomic mass is 16.2. The van der Waals surface area contributed by atoms with Gasteiger partial charge in [0.05, 0.1) is 0 Å². The molecule has 2 rings (SSSR count). The minimum absolute atomic E-state index is 0.268. The largest absolute Gasteiger partial charge is 0.396 e. The van der Waals surface area contributed by atoms with Gasteiger partial charge >= 0.3 is 0 Å². The topological polar surface area (TPSA) is 25.2 Å². The monoisotopic (exact) mass is 231 g/mol. The van der Waals surface area contributed by atoms with Crippen molar-refractivity contribution in [3.8, 4) is 0 Å². The number of rotatable bonds is 4. The van der Waals surface area contributed by atoms with E-state index in [0.29, 0.717) is 0 Å². The van der Waals surface area contributed by atoms with Crippen LogP contribution < -0.4 is 0 Å². The molecular formula is C15H21NO. The zero-order chi connectivity index (χ0) is 12.4. The predicted molar refractivity (Wildman–Crippen MR) is 72.5 cm³/mol. The van der Waals surface area contributed by atoms with Crippen LogP contribution in [0.15, 0.2) is 18.3 Å². The lowest BCUT2D eigenvalue weighted by Crippen LogP contribution is -1.91. The van der Waals surface area contributed by atoms with Crippen LogP contribution in [0.3, 0.4) is 0 Å². The van der Waals surface area contributed by atoms with Gasteiger partial charge in [0.1, 0.15) is 0 Å². The van der Waals surface area contributed by atoms with E-state index >= 15 is 0 Å². The minimum Gasteiger partial charge on any atom is -0.396 e. The van der Waals surface area contributed by atoms with E-state index < -0.39 is 0 Å². The second-order valence-corrected chi connectivity index (χ2v) is 4.74. The quantitative estimate of drug-likeness (QED) is 0.859. The summed E-state index contributed by atoms with van der Waals surface area (Å²) in [5.41, 5.74) is 5.36. The summed E-state index contributed by atoms with van der Waals surface area (Å²) in [6.07, 6.45) is 4.05. The Hall–Kier alpha value is -1.28. The standard InChI is InChI=1S/C15H21NO/c1-4-16-10-13(6-5-7-17)15-12(3)8-11(2)9-14(15)16/h8-10,17H,4-7H2,1-3H3. The van der Waals surface area contributed by atoms with Gasteiger partial charge in [0.25, 0.3) is 0 Å². The van der Waals surface area contributed by atoms with Crippen LogP contribution in [-0.2, 0) is 13.0 Å². The molecule has 0 amide bonds. The summed E-state index contributed by atoms with van der Waals surface area (Å²) in [6.45, 7) is 7.76. The summed E-state index contributed by atoms with van der Waals surface area (Å²) in [5.74, 6) is 0. The highest BCUT2D eigenvalue weighted by molar-refractivity contribution is 5.88. The molecule has 1 heterocycles. The van der Waals surface area contributed by atoms with Crippen molar-refractivity contribution in [2.24, 2.45) is 0 Å². The van der Waals surface area contributed by atoms with Crippen LogP contribution in [-0.4, -0.2) is 16.3 Å². The molecule has 17 heavy (non-hydrogen) atoms. The number of aryl methyl sites for hydroxylation is 4. The average Bonchev–Trinajstić information content (AvgIpc) is 2.64. The molecule has 0 saturated heterocycles. The van der Waals surface area contributed by atoms with E-state index in [1.54, 1.807) is 0 Å². The maximum absolute atomic E-state index is 8.97. The molecule has 0 radical (unpaired) electrons. The molecule has 2 nitrogen and oxygen atoms in total. The van der Waals surface area contributed by atoms with Gasteiger partial charge in [-0.15, -0.1) is 0 Å². The highest BCUT2D eigenvalue weighted by Gasteiger charge is 2.10. The number of hydrogen-bond acceptors (Lipinski definition) is 1. The Labute approximate surface area is 103 Å². The summed E-state index contributed by atoms with van der Waals surface area (Å²) in [7, 11) is 0. The van der Waals surface area contributed by atoms with Crippen molar-refractivity contribution in [1.29, 1.82) is 0 Å². The van der Waals surface area contributed by atoms with E-state index in [2.05, 4.69) is 43.7 Å². The fourth-order valence-electron chi connectivity index (χ4n) is 2.63. The number of nitrogens with zero attached hydrogens (tertiary/aromatic N) is 1. The molecule has 0 aliphatic heterocycles. The van der Waals surface area contributed by atoms with Crippen LogP contribution in [0.1, 0.15) is 30.0 Å². The maximum atomic E-state index is 8.97. The van der Waals surface area contributed by atoms with E-state index in [1.807, 2.05) is 0 Å². The van der Waals surface area contributed by atoms with E-state index in [4.69, 9.17) is 5.11 Å². The molecule has 1 aromatic carbocycles. The molecule has 1 aromatic heterocycles. The SMILES string of the molecule is CCn1cc(CCCO)c2c(C)cc(C)cc21. The summed E-state index contributed by atoms with van der Waals surface area (Å²) >= 11 is 0. The zero-order valence-corrected chi connectivity index (χ0v) is 11.0. The van der Waals surface area contributed by atoms with Crippen molar-refractivity contribution in [2.75, 3.05) is 6.61 Å². The number of fused-ring (bicyclic) bond motifs is 1. The molecule has 0 spiro atoms. The van der Waals surface area contributed by atoms with Gasteiger partial charge in [-0.3, -0.25) is 0 Å². The zero-order valence-electron chi connectivity index (χ0n) is 11.0. The Kier molecular flexibility index (Phi) is 3.53. The molecule has 0 unspecified atom stereocenters. The van der Waals surface area contributed by atoms with Gasteiger partial charge in [0.2, 0.25) is 0 Å². The van der Waals surface area contributed by atoms with Crippen LogP contribution in [0, 0.1) is 13.8 Å². The van der Waals surface area contributed by atoms with E-state index in [9.17, 15) is 0 Å². The van der Waals surface area contributed by atoms with Crippen LogP contribution in [0.4, 0.5) is 0 Å². The molecule has 0 saturated carbocycles. The van der Waals surface area contributed by atoms with Crippen molar-refractivity contribution >= 4 is 10.9 Å². The van der Waals surface area contributed by atoms with Crippen molar-refractivity contribution < 1.29 is 5.11 Å². The second kappa shape index (κ2) is 4.92. The first-order chi connectivity index (χ1) is 8.17. The Bertz CT molecular complexity index is 525. The maximum Gasteiger partial charge on any atom is 0.0488 e. The predicted octanol–water partition coefficient (Wildman–Crippen LogP) is 3.20. The first-order valence-electron chi connectivity index (χ1n) is 6.37. The summed E-state index contributed by atoms with van der Waals surface area (Å²) in [4.78, 5) is 0. The third-order valence-electron chi connectivity index (χ3n) is 3.35. The lowest BCUT2D eigenvalue weighted by molar-refractivity contribution is 0.288. The molecule has 2 heteroatoms.